The van der Waals surface area contributed by atoms with E-state index in [1.165, 1.54) is 6.42 Å². The standard InChI is InChI=1S/C11H11N3O2/c15-11(16)9-7-14-6-8(13-4-1-5-13)2-3-10(14)12-9/h2-3,6-7H,1,4-5H2,(H,15,16). The van der Waals surface area contributed by atoms with E-state index < -0.39 is 5.97 Å². The van der Waals surface area contributed by atoms with Gasteiger partial charge in [0.1, 0.15) is 5.65 Å². The summed E-state index contributed by atoms with van der Waals surface area (Å²) < 4.78 is 1.76. The highest BCUT2D eigenvalue weighted by atomic mass is 16.4. The predicted octanol–water partition coefficient (Wildman–Crippen LogP) is 1.24. The Morgan fingerprint density at radius 2 is 2.12 bits per heavy atom. The van der Waals surface area contributed by atoms with Crippen LogP contribution in [-0.4, -0.2) is 33.6 Å². The van der Waals surface area contributed by atoms with Crippen LogP contribution in [0.2, 0.25) is 0 Å². The van der Waals surface area contributed by atoms with Crippen molar-refractivity contribution in [1.29, 1.82) is 0 Å². The molecule has 2 aromatic rings. The normalized spacial score (nSPS) is 15.1. The highest BCUT2D eigenvalue weighted by molar-refractivity contribution is 5.86. The topological polar surface area (TPSA) is 57.8 Å². The number of nitrogens with zero attached hydrogens (tertiary/aromatic N) is 3. The van der Waals surface area contributed by atoms with Crippen LogP contribution >= 0.6 is 0 Å². The highest BCUT2D eigenvalue weighted by Crippen LogP contribution is 2.21. The second kappa shape index (κ2) is 3.23. The van der Waals surface area contributed by atoms with Crippen molar-refractivity contribution < 1.29 is 9.90 Å². The van der Waals surface area contributed by atoms with Crippen molar-refractivity contribution in [2.24, 2.45) is 0 Å². The van der Waals surface area contributed by atoms with Crippen LogP contribution in [0.1, 0.15) is 16.9 Å². The molecule has 82 valence electrons. The van der Waals surface area contributed by atoms with Crippen LogP contribution in [0.25, 0.3) is 5.65 Å². The molecule has 0 aliphatic carbocycles. The molecule has 0 radical (unpaired) electrons. The van der Waals surface area contributed by atoms with Gasteiger partial charge in [-0.3, -0.25) is 0 Å². The van der Waals surface area contributed by atoms with E-state index in [0.29, 0.717) is 5.65 Å². The largest absolute Gasteiger partial charge is 0.476 e. The summed E-state index contributed by atoms with van der Waals surface area (Å²) in [5.41, 5.74) is 1.87. The third-order valence-corrected chi connectivity index (χ3v) is 2.88. The van der Waals surface area contributed by atoms with Gasteiger partial charge < -0.3 is 14.4 Å². The Balaban J connectivity index is 2.06. The van der Waals surface area contributed by atoms with E-state index >= 15 is 0 Å². The van der Waals surface area contributed by atoms with E-state index in [4.69, 9.17) is 5.11 Å². The fourth-order valence-corrected chi connectivity index (χ4v) is 1.84. The van der Waals surface area contributed by atoms with E-state index in [1.807, 2.05) is 18.3 Å². The summed E-state index contributed by atoms with van der Waals surface area (Å²) >= 11 is 0. The molecule has 5 heteroatoms. The highest BCUT2D eigenvalue weighted by Gasteiger charge is 2.15. The van der Waals surface area contributed by atoms with Gasteiger partial charge in [0.25, 0.3) is 0 Å². The Bertz CT molecular complexity index is 557. The monoisotopic (exact) mass is 217 g/mol. The van der Waals surface area contributed by atoms with Crippen LogP contribution in [0.15, 0.2) is 24.5 Å². The maximum absolute atomic E-state index is 10.8. The lowest BCUT2D eigenvalue weighted by Gasteiger charge is -2.33. The Morgan fingerprint density at radius 3 is 2.75 bits per heavy atom. The molecule has 2 aromatic heterocycles. The quantitative estimate of drug-likeness (QED) is 0.822. The van der Waals surface area contributed by atoms with Crippen molar-refractivity contribution in [3.8, 4) is 0 Å². The van der Waals surface area contributed by atoms with Crippen molar-refractivity contribution in [3.63, 3.8) is 0 Å². The van der Waals surface area contributed by atoms with E-state index in [9.17, 15) is 4.79 Å². The molecule has 1 aliphatic rings. The molecule has 3 rings (SSSR count). The zero-order valence-electron chi connectivity index (χ0n) is 8.63. The molecule has 16 heavy (non-hydrogen) atoms. The molecule has 1 aliphatic heterocycles. The molecule has 0 atom stereocenters. The molecule has 0 amide bonds. The van der Waals surface area contributed by atoms with E-state index in [2.05, 4.69) is 9.88 Å². The molecule has 1 fully saturated rings. The van der Waals surface area contributed by atoms with Gasteiger partial charge in [-0.2, -0.15) is 0 Å². The molecule has 0 spiro atoms. The second-order valence-corrected chi connectivity index (χ2v) is 3.92. The first-order valence-corrected chi connectivity index (χ1v) is 5.21. The average molecular weight is 217 g/mol. The van der Waals surface area contributed by atoms with Gasteiger partial charge >= 0.3 is 5.97 Å². The number of anilines is 1. The third-order valence-electron chi connectivity index (χ3n) is 2.88. The molecular weight excluding hydrogens is 206 g/mol. The zero-order valence-corrected chi connectivity index (χ0v) is 8.63. The first-order chi connectivity index (χ1) is 7.74. The molecule has 5 nitrogen and oxygen atoms in total. The maximum atomic E-state index is 10.8. The number of aromatic carboxylic acids is 1. The van der Waals surface area contributed by atoms with Gasteiger partial charge in [-0.1, -0.05) is 0 Å². The van der Waals surface area contributed by atoms with Crippen LogP contribution < -0.4 is 4.90 Å². The summed E-state index contributed by atoms with van der Waals surface area (Å²) in [5.74, 6) is -0.991. The number of fused-ring (bicyclic) bond motifs is 1. The minimum atomic E-state index is -0.991. The SMILES string of the molecule is O=C(O)c1cn2cc(N3CCC3)ccc2n1. The molecule has 3 heterocycles. The van der Waals surface area contributed by atoms with Crippen molar-refractivity contribution >= 4 is 17.3 Å². The van der Waals surface area contributed by atoms with Gasteiger partial charge in [-0.15, -0.1) is 0 Å². The smallest absolute Gasteiger partial charge is 0.356 e. The molecule has 0 bridgehead atoms. The van der Waals surface area contributed by atoms with E-state index in [1.54, 1.807) is 10.6 Å². The maximum Gasteiger partial charge on any atom is 0.356 e. The number of hydrogen-bond acceptors (Lipinski definition) is 3. The molecule has 1 N–H and O–H groups in total. The lowest BCUT2D eigenvalue weighted by molar-refractivity contribution is 0.0691. The van der Waals surface area contributed by atoms with Gasteiger partial charge in [-0.25, -0.2) is 9.78 Å². The zero-order chi connectivity index (χ0) is 11.1. The molecule has 0 unspecified atom stereocenters. The number of hydrogen-bond donors (Lipinski definition) is 1. The van der Waals surface area contributed by atoms with Crippen molar-refractivity contribution in [2.75, 3.05) is 18.0 Å². The van der Waals surface area contributed by atoms with Gasteiger partial charge in [0, 0.05) is 25.5 Å². The molecule has 0 saturated carbocycles. The Kier molecular flexibility index (Phi) is 1.86. The van der Waals surface area contributed by atoms with Crippen molar-refractivity contribution in [2.45, 2.75) is 6.42 Å². The van der Waals surface area contributed by atoms with Gasteiger partial charge in [0.05, 0.1) is 5.69 Å². The van der Waals surface area contributed by atoms with Gasteiger partial charge in [0.15, 0.2) is 5.69 Å². The second-order valence-electron chi connectivity index (χ2n) is 3.92. The summed E-state index contributed by atoms with van der Waals surface area (Å²) in [6.07, 6.45) is 4.69. The van der Waals surface area contributed by atoms with Crippen LogP contribution in [0.5, 0.6) is 0 Å². The fourth-order valence-electron chi connectivity index (χ4n) is 1.84. The average Bonchev–Trinajstić information content (AvgIpc) is 2.57. The Morgan fingerprint density at radius 1 is 1.31 bits per heavy atom. The first kappa shape index (κ1) is 9.21. The fraction of sp³-hybridized carbons (Fsp3) is 0.273. The number of carboxylic acids is 1. The number of aromatic nitrogens is 2. The van der Waals surface area contributed by atoms with Crippen LogP contribution in [0, 0.1) is 0 Å². The van der Waals surface area contributed by atoms with Crippen LogP contribution in [-0.2, 0) is 0 Å². The molecular formula is C11H11N3O2. The summed E-state index contributed by atoms with van der Waals surface area (Å²) in [5, 5.41) is 8.84. The van der Waals surface area contributed by atoms with Gasteiger partial charge in [0.2, 0.25) is 0 Å². The minimum Gasteiger partial charge on any atom is -0.476 e. The number of carbonyl (C=O) groups is 1. The van der Waals surface area contributed by atoms with Crippen LogP contribution in [0.4, 0.5) is 5.69 Å². The minimum absolute atomic E-state index is 0.0840. The molecule has 1 saturated heterocycles. The number of carboxylic acid groups (broad SMARTS) is 1. The number of pyridine rings is 1. The summed E-state index contributed by atoms with van der Waals surface area (Å²) in [6, 6.07) is 3.83. The summed E-state index contributed by atoms with van der Waals surface area (Å²) in [7, 11) is 0. The van der Waals surface area contributed by atoms with E-state index in [-0.39, 0.29) is 5.69 Å². The Labute approximate surface area is 91.9 Å². The predicted molar refractivity (Wildman–Crippen MR) is 59.0 cm³/mol. The third kappa shape index (κ3) is 1.32. The number of rotatable bonds is 2. The Hall–Kier alpha value is -2.04. The number of imidazole rings is 1. The van der Waals surface area contributed by atoms with E-state index in [0.717, 1.165) is 18.8 Å². The van der Waals surface area contributed by atoms with Crippen LogP contribution in [0.3, 0.4) is 0 Å². The lowest BCUT2D eigenvalue weighted by Crippen LogP contribution is -2.37. The molecule has 0 aromatic carbocycles. The summed E-state index contributed by atoms with van der Waals surface area (Å²) in [4.78, 5) is 17.0. The summed E-state index contributed by atoms with van der Waals surface area (Å²) in [6.45, 7) is 2.15. The van der Waals surface area contributed by atoms with Crippen molar-refractivity contribution in [3.05, 3.63) is 30.2 Å². The lowest BCUT2D eigenvalue weighted by atomic mass is 10.2. The van der Waals surface area contributed by atoms with Crippen molar-refractivity contribution in [1.82, 2.24) is 9.38 Å². The first-order valence-electron chi connectivity index (χ1n) is 5.21. The van der Waals surface area contributed by atoms with Gasteiger partial charge in [-0.05, 0) is 18.6 Å².